The molecule has 0 aliphatic carbocycles. The van der Waals surface area contributed by atoms with Crippen molar-refractivity contribution in [2.75, 3.05) is 0 Å². The lowest BCUT2D eigenvalue weighted by Crippen LogP contribution is -2.07. The molecule has 196 valence electrons. The molecule has 0 radical (unpaired) electrons. The maximum absolute atomic E-state index is 2.86. The second-order valence-corrected chi connectivity index (χ2v) is 10.8. The summed E-state index contributed by atoms with van der Waals surface area (Å²) in [6.07, 6.45) is 37.7. The van der Waals surface area contributed by atoms with Crippen molar-refractivity contribution in [2.24, 2.45) is 5.92 Å². The lowest BCUT2D eigenvalue weighted by Gasteiger charge is -2.17. The van der Waals surface area contributed by atoms with Crippen LogP contribution in [0.4, 0.5) is 0 Å². The SMILES string of the molecule is BCBBCCC(CCCCCCCCCC)CCCCCCCCCCCC.c1cc[nH]c1. The molecule has 0 bridgehead atoms. The molecule has 4 heteroatoms. The Balaban J connectivity index is 0.00000190. The van der Waals surface area contributed by atoms with Crippen molar-refractivity contribution in [1.29, 1.82) is 0 Å². The molecule has 0 aromatic carbocycles. The maximum Gasteiger partial charge on any atom is 0.0921 e. The van der Waals surface area contributed by atoms with Gasteiger partial charge in [0.25, 0.3) is 0 Å². The van der Waals surface area contributed by atoms with Crippen LogP contribution in [0.15, 0.2) is 24.5 Å². The molecule has 0 aliphatic heterocycles. The van der Waals surface area contributed by atoms with Crippen molar-refractivity contribution in [3.05, 3.63) is 24.5 Å². The highest BCUT2D eigenvalue weighted by Gasteiger charge is 2.09. The molecule has 1 heterocycles. The van der Waals surface area contributed by atoms with Crippen molar-refractivity contribution in [1.82, 2.24) is 4.98 Å². The molecule has 1 rings (SSSR count). The monoisotopic (exact) mass is 470 g/mol. The van der Waals surface area contributed by atoms with E-state index in [1.54, 1.807) is 0 Å². The molecule has 1 aromatic heterocycles. The molecule has 1 aromatic rings. The molecule has 0 saturated heterocycles. The number of nitrogens with one attached hydrogen (secondary N) is 1. The van der Waals surface area contributed by atoms with E-state index in [2.05, 4.69) is 26.7 Å². The Labute approximate surface area is 218 Å². The number of unbranched alkanes of at least 4 members (excludes halogenated alkanes) is 16. The molecule has 1 N–H and O–H groups in total. The number of H-pyrrole nitrogens is 1. The van der Waals surface area contributed by atoms with E-state index >= 15 is 0 Å². The number of aromatic amines is 1. The fourth-order valence-corrected chi connectivity index (χ4v) is 5.06. The molecular weight excluding hydrogens is 407 g/mol. The highest BCUT2D eigenvalue weighted by Crippen LogP contribution is 2.23. The van der Waals surface area contributed by atoms with E-state index in [1.807, 2.05) is 24.5 Å². The maximum atomic E-state index is 2.86. The predicted octanol–water partition coefficient (Wildman–Crippen LogP) is 9.06. The van der Waals surface area contributed by atoms with Gasteiger partial charge in [-0.2, -0.15) is 0 Å². The van der Waals surface area contributed by atoms with Gasteiger partial charge in [0.1, 0.15) is 0 Å². The predicted molar refractivity (Wildman–Crippen MR) is 165 cm³/mol. The van der Waals surface area contributed by atoms with Crippen LogP contribution in [0.25, 0.3) is 0 Å². The van der Waals surface area contributed by atoms with Crippen molar-refractivity contribution in [2.45, 2.75) is 161 Å². The van der Waals surface area contributed by atoms with Crippen LogP contribution in [-0.2, 0) is 0 Å². The van der Waals surface area contributed by atoms with E-state index in [4.69, 9.17) is 0 Å². The topological polar surface area (TPSA) is 15.8 Å². The zero-order valence-electron chi connectivity index (χ0n) is 24.1. The molecule has 1 atom stereocenters. The fourth-order valence-electron chi connectivity index (χ4n) is 5.06. The second kappa shape index (κ2) is 30.5. The van der Waals surface area contributed by atoms with Gasteiger partial charge in [0.2, 0.25) is 0 Å². The minimum absolute atomic E-state index is 1.04. The number of aromatic nitrogens is 1. The van der Waals surface area contributed by atoms with E-state index in [1.165, 1.54) is 162 Å². The Morgan fingerprint density at radius 3 is 1.32 bits per heavy atom. The Kier molecular flexibility index (Phi) is 30.0. The van der Waals surface area contributed by atoms with Crippen molar-refractivity contribution in [3.63, 3.8) is 0 Å². The van der Waals surface area contributed by atoms with Crippen LogP contribution in [0.2, 0.25) is 12.5 Å². The smallest absolute Gasteiger partial charge is 0.0921 e. The molecule has 0 spiro atoms. The first-order valence-corrected chi connectivity index (χ1v) is 15.9. The van der Waals surface area contributed by atoms with Gasteiger partial charge < -0.3 is 4.98 Å². The van der Waals surface area contributed by atoms with Crippen LogP contribution in [0, 0.1) is 5.92 Å². The van der Waals surface area contributed by atoms with Crippen LogP contribution >= 0.6 is 0 Å². The summed E-state index contributed by atoms with van der Waals surface area (Å²) in [5.41, 5.74) is 0. The van der Waals surface area contributed by atoms with Crippen molar-refractivity contribution in [3.8, 4) is 0 Å². The summed E-state index contributed by atoms with van der Waals surface area (Å²) in [6.45, 7) is 4.63. The standard InChI is InChI=1S/C26H57B3.C4H5N/c1-3-5-7-9-11-13-14-16-18-20-22-26(23-24-28-29-25-27)21-19-17-15-12-10-8-6-4-2;1-2-4-5-3-1/h26,28-29H,3-25,27H2,1-2H3;1-5H. The molecule has 0 fully saturated rings. The summed E-state index contributed by atoms with van der Waals surface area (Å²) >= 11 is 0. The third kappa shape index (κ3) is 27.7. The summed E-state index contributed by atoms with van der Waals surface area (Å²) in [7, 11) is 5.26. The molecule has 0 amide bonds. The molecule has 0 aliphatic rings. The van der Waals surface area contributed by atoms with E-state index in [-0.39, 0.29) is 0 Å². The van der Waals surface area contributed by atoms with Crippen molar-refractivity contribution < 1.29 is 0 Å². The Morgan fingerprint density at radius 2 is 0.971 bits per heavy atom. The lowest BCUT2D eigenvalue weighted by molar-refractivity contribution is 0.392. The zero-order chi connectivity index (χ0) is 24.8. The van der Waals surface area contributed by atoms with Gasteiger partial charge >= 0.3 is 0 Å². The number of hydrogen-bond acceptors (Lipinski definition) is 0. The summed E-state index contributed by atoms with van der Waals surface area (Å²) in [6, 6.07) is 3.89. The second-order valence-electron chi connectivity index (χ2n) is 10.8. The largest absolute Gasteiger partial charge is 0.368 e. The molecule has 34 heavy (non-hydrogen) atoms. The molecular formula is C30H62B3N. The van der Waals surface area contributed by atoms with E-state index in [0.717, 1.165) is 5.92 Å². The average molecular weight is 469 g/mol. The first kappa shape index (κ1) is 33.5. The zero-order valence-corrected chi connectivity index (χ0v) is 24.1. The molecule has 1 nitrogen and oxygen atoms in total. The quantitative estimate of drug-likeness (QED) is 0.109. The van der Waals surface area contributed by atoms with Gasteiger partial charge in [-0.1, -0.05) is 155 Å². The summed E-state index contributed by atoms with van der Waals surface area (Å²) in [5, 5.41) is 0. The molecule has 0 saturated carbocycles. The third-order valence-electron chi connectivity index (χ3n) is 7.39. The summed E-state index contributed by atoms with van der Waals surface area (Å²) in [5.74, 6) is 1.04. The Hall–Kier alpha value is -0.525. The van der Waals surface area contributed by atoms with Gasteiger partial charge in [-0.25, -0.2) is 0 Å². The van der Waals surface area contributed by atoms with Gasteiger partial charge in [-0.15, -0.1) is 6.22 Å². The van der Waals surface area contributed by atoms with E-state index in [0.29, 0.717) is 0 Å². The highest BCUT2D eigenvalue weighted by molar-refractivity contribution is 7.02. The molecule has 1 unspecified atom stereocenters. The summed E-state index contributed by atoms with van der Waals surface area (Å²) < 4.78 is 0. The van der Waals surface area contributed by atoms with E-state index in [9.17, 15) is 0 Å². The minimum atomic E-state index is 1.04. The minimum Gasteiger partial charge on any atom is -0.368 e. The third-order valence-corrected chi connectivity index (χ3v) is 7.39. The van der Waals surface area contributed by atoms with Gasteiger partial charge in [0, 0.05) is 12.4 Å². The van der Waals surface area contributed by atoms with Crippen LogP contribution in [0.5, 0.6) is 0 Å². The first-order chi connectivity index (χ1) is 16.8. The van der Waals surface area contributed by atoms with Gasteiger partial charge in [0.15, 0.2) is 0 Å². The van der Waals surface area contributed by atoms with Crippen LogP contribution in [0.3, 0.4) is 0 Å². The van der Waals surface area contributed by atoms with Crippen LogP contribution in [-0.4, -0.2) is 27.2 Å². The van der Waals surface area contributed by atoms with Crippen LogP contribution in [0.1, 0.15) is 149 Å². The first-order valence-electron chi connectivity index (χ1n) is 15.9. The van der Waals surface area contributed by atoms with Crippen LogP contribution < -0.4 is 0 Å². The van der Waals surface area contributed by atoms with E-state index < -0.39 is 0 Å². The van der Waals surface area contributed by atoms with Crippen molar-refractivity contribution >= 4 is 22.2 Å². The Bertz CT molecular complexity index is 421. The fraction of sp³-hybridized carbons (Fsp3) is 0.867. The highest BCUT2D eigenvalue weighted by atomic mass is 14.6. The number of rotatable bonds is 25. The Morgan fingerprint density at radius 1 is 0.559 bits per heavy atom. The van der Waals surface area contributed by atoms with Gasteiger partial charge in [0.05, 0.1) is 22.2 Å². The lowest BCUT2D eigenvalue weighted by atomic mass is 9.34. The average Bonchev–Trinajstić information content (AvgIpc) is 3.44. The normalized spacial score (nSPS) is 11.6. The van der Waals surface area contributed by atoms with Gasteiger partial charge in [-0.3, -0.25) is 0 Å². The number of hydrogen-bond donors (Lipinski definition) is 1. The van der Waals surface area contributed by atoms with Gasteiger partial charge in [-0.05, 0) is 18.1 Å². The summed E-state index contributed by atoms with van der Waals surface area (Å²) in [4.78, 5) is 2.86.